The Balaban J connectivity index is 2.28. The molecule has 0 spiro atoms. The molecular weight excluding hydrogens is 174 g/mol. The number of ether oxygens (including phenoxy) is 1. The lowest BCUT2D eigenvalue weighted by Crippen LogP contribution is -2.46. The van der Waals surface area contributed by atoms with E-state index in [1.807, 2.05) is 0 Å². The summed E-state index contributed by atoms with van der Waals surface area (Å²) in [6, 6.07) is -0.635. The number of carbonyl (C=O) groups is 1. The number of rotatable bonds is 4. The third-order valence-electron chi connectivity index (χ3n) is 2.19. The molecule has 1 heterocycles. The Hall–Kier alpha value is -0.650. The molecule has 1 fully saturated rings. The smallest absolute Gasteiger partial charge is 0.320 e. The van der Waals surface area contributed by atoms with Crippen LogP contribution in [0.5, 0.6) is 0 Å². The Morgan fingerprint density at radius 3 is 2.92 bits per heavy atom. The van der Waals surface area contributed by atoms with Gasteiger partial charge in [0, 0.05) is 19.6 Å². The Kier molecular flexibility index (Phi) is 3.24. The van der Waals surface area contributed by atoms with Crippen molar-refractivity contribution >= 4 is 5.97 Å². The second-order valence-electron chi connectivity index (χ2n) is 3.47. The number of carboxylic acids is 1. The first-order chi connectivity index (χ1) is 6.03. The maximum atomic E-state index is 10.4. The molecule has 2 unspecified atom stereocenters. The van der Waals surface area contributed by atoms with E-state index in [0.29, 0.717) is 13.0 Å². The van der Waals surface area contributed by atoms with Crippen molar-refractivity contribution in [3.8, 4) is 0 Å². The Bertz CT molecular complexity index is 189. The van der Waals surface area contributed by atoms with E-state index in [1.165, 1.54) is 0 Å². The molecule has 0 saturated carbocycles. The molecule has 3 N–H and O–H groups in total. The van der Waals surface area contributed by atoms with Crippen molar-refractivity contribution < 1.29 is 19.7 Å². The zero-order chi connectivity index (χ0) is 9.90. The summed E-state index contributed by atoms with van der Waals surface area (Å²) in [6.45, 7) is 2.63. The second-order valence-corrected chi connectivity index (χ2v) is 3.47. The van der Waals surface area contributed by atoms with Gasteiger partial charge in [-0.05, 0) is 6.92 Å². The number of aliphatic carboxylic acids is 1. The SMILES string of the molecule is CC(NCC1(O)CCOC1)C(=O)O. The minimum Gasteiger partial charge on any atom is -0.480 e. The average Bonchev–Trinajstić information content (AvgIpc) is 2.48. The summed E-state index contributed by atoms with van der Waals surface area (Å²) < 4.78 is 5.02. The topological polar surface area (TPSA) is 78.8 Å². The van der Waals surface area contributed by atoms with Crippen LogP contribution in [0.2, 0.25) is 0 Å². The minimum absolute atomic E-state index is 0.264. The van der Waals surface area contributed by atoms with Crippen molar-refractivity contribution in [2.45, 2.75) is 25.0 Å². The summed E-state index contributed by atoms with van der Waals surface area (Å²) in [4.78, 5) is 10.4. The molecule has 0 radical (unpaired) electrons. The van der Waals surface area contributed by atoms with E-state index in [0.717, 1.165) is 0 Å². The molecular formula is C8H15NO4. The van der Waals surface area contributed by atoms with Gasteiger partial charge in [0.05, 0.1) is 6.61 Å². The van der Waals surface area contributed by atoms with Gasteiger partial charge in [-0.3, -0.25) is 4.79 Å². The largest absolute Gasteiger partial charge is 0.480 e. The van der Waals surface area contributed by atoms with Crippen LogP contribution in [-0.2, 0) is 9.53 Å². The number of hydrogen-bond acceptors (Lipinski definition) is 4. The minimum atomic E-state index is -0.914. The molecule has 2 atom stereocenters. The zero-order valence-electron chi connectivity index (χ0n) is 7.62. The molecule has 5 nitrogen and oxygen atoms in total. The van der Waals surface area contributed by atoms with Crippen LogP contribution >= 0.6 is 0 Å². The first kappa shape index (κ1) is 10.4. The average molecular weight is 189 g/mol. The van der Waals surface area contributed by atoms with E-state index in [4.69, 9.17) is 9.84 Å². The monoisotopic (exact) mass is 189 g/mol. The first-order valence-electron chi connectivity index (χ1n) is 4.30. The fourth-order valence-corrected chi connectivity index (χ4v) is 1.17. The number of hydrogen-bond donors (Lipinski definition) is 3. The predicted molar refractivity (Wildman–Crippen MR) is 45.5 cm³/mol. The van der Waals surface area contributed by atoms with Crippen LogP contribution in [0.15, 0.2) is 0 Å². The highest BCUT2D eigenvalue weighted by Gasteiger charge is 2.32. The van der Waals surface area contributed by atoms with Crippen LogP contribution in [0.4, 0.5) is 0 Å². The van der Waals surface area contributed by atoms with E-state index < -0.39 is 17.6 Å². The van der Waals surface area contributed by atoms with Crippen molar-refractivity contribution in [1.82, 2.24) is 5.32 Å². The van der Waals surface area contributed by atoms with Gasteiger partial charge in [-0.1, -0.05) is 0 Å². The van der Waals surface area contributed by atoms with Gasteiger partial charge in [-0.15, -0.1) is 0 Å². The molecule has 0 aromatic heterocycles. The standard InChI is InChI=1S/C8H15NO4/c1-6(7(10)11)9-4-8(12)2-3-13-5-8/h6,9,12H,2-5H2,1H3,(H,10,11). The van der Waals surface area contributed by atoms with Gasteiger partial charge in [-0.2, -0.15) is 0 Å². The van der Waals surface area contributed by atoms with Crippen molar-refractivity contribution in [1.29, 1.82) is 0 Å². The summed E-state index contributed by atoms with van der Waals surface area (Å²) in [7, 11) is 0. The van der Waals surface area contributed by atoms with Crippen molar-refractivity contribution in [2.24, 2.45) is 0 Å². The summed E-state index contributed by atoms with van der Waals surface area (Å²) >= 11 is 0. The van der Waals surface area contributed by atoms with Crippen LogP contribution in [0.1, 0.15) is 13.3 Å². The highest BCUT2D eigenvalue weighted by atomic mass is 16.5. The molecule has 0 aromatic rings. The molecule has 1 aliphatic rings. The molecule has 13 heavy (non-hydrogen) atoms. The molecule has 76 valence electrons. The summed E-state index contributed by atoms with van der Waals surface area (Å²) in [5, 5.41) is 21.0. The molecule has 0 bridgehead atoms. The lowest BCUT2D eigenvalue weighted by Gasteiger charge is -2.22. The van der Waals surface area contributed by atoms with Gasteiger partial charge in [-0.25, -0.2) is 0 Å². The van der Waals surface area contributed by atoms with Gasteiger partial charge in [0.1, 0.15) is 11.6 Å². The molecule has 0 aromatic carbocycles. The fourth-order valence-electron chi connectivity index (χ4n) is 1.17. The lowest BCUT2D eigenvalue weighted by molar-refractivity contribution is -0.139. The second kappa shape index (κ2) is 4.04. The summed E-state index contributed by atoms with van der Waals surface area (Å²) in [6.07, 6.45) is 0.562. The van der Waals surface area contributed by atoms with Crippen molar-refractivity contribution in [2.75, 3.05) is 19.8 Å². The van der Waals surface area contributed by atoms with Gasteiger partial charge < -0.3 is 20.3 Å². The Morgan fingerprint density at radius 1 is 1.77 bits per heavy atom. The van der Waals surface area contributed by atoms with Crippen LogP contribution in [-0.4, -0.2) is 47.6 Å². The van der Waals surface area contributed by atoms with Gasteiger partial charge >= 0.3 is 5.97 Å². The molecule has 1 aliphatic heterocycles. The molecule has 0 amide bonds. The van der Waals surface area contributed by atoms with Crippen LogP contribution in [0, 0.1) is 0 Å². The van der Waals surface area contributed by atoms with Crippen LogP contribution in [0.3, 0.4) is 0 Å². The Morgan fingerprint density at radius 2 is 2.46 bits per heavy atom. The third kappa shape index (κ3) is 2.95. The van der Waals surface area contributed by atoms with Crippen molar-refractivity contribution in [3.63, 3.8) is 0 Å². The van der Waals surface area contributed by atoms with Gasteiger partial charge in [0.2, 0.25) is 0 Å². The maximum Gasteiger partial charge on any atom is 0.320 e. The maximum absolute atomic E-state index is 10.4. The summed E-state index contributed by atoms with van der Waals surface area (Å²) in [5.41, 5.74) is -0.885. The number of nitrogens with one attached hydrogen (secondary N) is 1. The summed E-state index contributed by atoms with van der Waals surface area (Å²) in [5.74, 6) is -0.914. The number of aliphatic hydroxyl groups is 1. The highest BCUT2D eigenvalue weighted by Crippen LogP contribution is 2.16. The van der Waals surface area contributed by atoms with Crippen molar-refractivity contribution in [3.05, 3.63) is 0 Å². The van der Waals surface area contributed by atoms with Crippen LogP contribution in [0.25, 0.3) is 0 Å². The van der Waals surface area contributed by atoms with E-state index in [1.54, 1.807) is 6.92 Å². The van der Waals surface area contributed by atoms with Crippen LogP contribution < -0.4 is 5.32 Å². The van der Waals surface area contributed by atoms with E-state index in [-0.39, 0.29) is 13.2 Å². The molecule has 0 aliphatic carbocycles. The predicted octanol–water partition coefficient (Wildman–Crippen LogP) is -0.799. The molecule has 1 rings (SSSR count). The van der Waals surface area contributed by atoms with Gasteiger partial charge in [0.25, 0.3) is 0 Å². The normalized spacial score (nSPS) is 30.3. The third-order valence-corrected chi connectivity index (χ3v) is 2.19. The zero-order valence-corrected chi connectivity index (χ0v) is 7.62. The quantitative estimate of drug-likeness (QED) is 0.539. The van der Waals surface area contributed by atoms with E-state index in [9.17, 15) is 9.90 Å². The van der Waals surface area contributed by atoms with E-state index >= 15 is 0 Å². The Labute approximate surface area is 76.7 Å². The van der Waals surface area contributed by atoms with E-state index in [2.05, 4.69) is 5.32 Å². The number of carboxylic acid groups (broad SMARTS) is 1. The van der Waals surface area contributed by atoms with Gasteiger partial charge in [0.15, 0.2) is 0 Å². The first-order valence-corrected chi connectivity index (χ1v) is 4.30. The lowest BCUT2D eigenvalue weighted by atomic mass is 10.0. The molecule has 1 saturated heterocycles. The highest BCUT2D eigenvalue weighted by molar-refractivity contribution is 5.72. The fraction of sp³-hybridized carbons (Fsp3) is 0.875. The molecule has 5 heteroatoms.